The standard InChI is InChI=1S/C20H31N5O2.HI/c1-3-24-8-6-13(12-24)11-23-20(21-2)22-7-9-25-18(26)16-14-4-5-15(10-14)17(16)19(25)27;/h4-5,13-17H,3,6-12H2,1-2H3,(H2,21,22,23);1H. The molecule has 0 radical (unpaired) electrons. The molecule has 2 amide bonds. The fraction of sp³-hybridized carbons (Fsp3) is 0.750. The third kappa shape index (κ3) is 3.94. The van der Waals surface area contributed by atoms with Crippen molar-refractivity contribution >= 4 is 41.8 Å². The zero-order valence-corrected chi connectivity index (χ0v) is 19.1. The summed E-state index contributed by atoms with van der Waals surface area (Å²) in [6, 6.07) is 0. The molecule has 8 heteroatoms. The van der Waals surface area contributed by atoms with Crippen LogP contribution in [0.3, 0.4) is 0 Å². The van der Waals surface area contributed by atoms with Crippen molar-refractivity contribution in [3.63, 3.8) is 0 Å². The molecule has 2 aliphatic heterocycles. The highest BCUT2D eigenvalue weighted by Crippen LogP contribution is 2.52. The minimum Gasteiger partial charge on any atom is -0.356 e. The molecule has 0 aromatic heterocycles. The van der Waals surface area contributed by atoms with Crippen LogP contribution in [0.15, 0.2) is 17.1 Å². The highest BCUT2D eigenvalue weighted by molar-refractivity contribution is 14.0. The summed E-state index contributed by atoms with van der Waals surface area (Å²) < 4.78 is 0. The Hall–Kier alpha value is -1.16. The van der Waals surface area contributed by atoms with Crippen LogP contribution in [0.1, 0.15) is 19.8 Å². The van der Waals surface area contributed by atoms with E-state index < -0.39 is 0 Å². The van der Waals surface area contributed by atoms with Crippen LogP contribution in [0.5, 0.6) is 0 Å². The van der Waals surface area contributed by atoms with E-state index in [1.807, 2.05) is 0 Å². The number of imide groups is 1. The highest BCUT2D eigenvalue weighted by Gasteiger charge is 2.58. The van der Waals surface area contributed by atoms with E-state index in [0.29, 0.717) is 19.0 Å². The Kier molecular flexibility index (Phi) is 7.01. The molecule has 1 saturated carbocycles. The summed E-state index contributed by atoms with van der Waals surface area (Å²) in [5.41, 5.74) is 0. The van der Waals surface area contributed by atoms with E-state index in [4.69, 9.17) is 0 Å². The lowest BCUT2D eigenvalue weighted by molar-refractivity contribution is -0.140. The van der Waals surface area contributed by atoms with Crippen LogP contribution >= 0.6 is 24.0 Å². The number of guanidine groups is 1. The number of carbonyl (C=O) groups is 2. The summed E-state index contributed by atoms with van der Waals surface area (Å²) in [5.74, 6) is 1.78. The molecule has 4 rings (SSSR count). The molecular formula is C20H32IN5O2. The first-order chi connectivity index (χ1) is 13.1. The van der Waals surface area contributed by atoms with Gasteiger partial charge in [0.25, 0.3) is 0 Å². The topological polar surface area (TPSA) is 77.0 Å². The van der Waals surface area contributed by atoms with Gasteiger partial charge in [0, 0.05) is 33.2 Å². The maximum Gasteiger partial charge on any atom is 0.233 e. The third-order valence-corrected chi connectivity index (χ3v) is 6.79. The van der Waals surface area contributed by atoms with Gasteiger partial charge in [-0.2, -0.15) is 0 Å². The SMILES string of the molecule is CCN1CCC(CNC(=NC)NCCN2C(=O)C3C4C=CC(C4)C3C2=O)C1.I. The Morgan fingerprint density at radius 1 is 1.18 bits per heavy atom. The number of hydrogen-bond acceptors (Lipinski definition) is 4. The monoisotopic (exact) mass is 501 g/mol. The first-order valence-electron chi connectivity index (χ1n) is 10.3. The van der Waals surface area contributed by atoms with E-state index in [1.165, 1.54) is 17.9 Å². The van der Waals surface area contributed by atoms with Crippen LogP contribution in [-0.4, -0.2) is 73.9 Å². The zero-order valence-electron chi connectivity index (χ0n) is 16.8. The second-order valence-corrected chi connectivity index (χ2v) is 8.26. The van der Waals surface area contributed by atoms with Gasteiger partial charge in [0.05, 0.1) is 11.8 Å². The molecule has 2 heterocycles. The molecule has 156 valence electrons. The maximum absolute atomic E-state index is 12.7. The molecule has 0 aromatic carbocycles. The van der Waals surface area contributed by atoms with Crippen molar-refractivity contribution in [1.29, 1.82) is 0 Å². The van der Waals surface area contributed by atoms with Gasteiger partial charge in [0.2, 0.25) is 11.8 Å². The van der Waals surface area contributed by atoms with Crippen LogP contribution in [0.2, 0.25) is 0 Å². The van der Waals surface area contributed by atoms with Gasteiger partial charge in [-0.25, -0.2) is 0 Å². The van der Waals surface area contributed by atoms with Gasteiger partial charge in [-0.15, -0.1) is 24.0 Å². The fourth-order valence-electron chi connectivity index (χ4n) is 5.30. The van der Waals surface area contributed by atoms with Crippen molar-refractivity contribution in [2.24, 2.45) is 34.6 Å². The molecule has 2 aliphatic carbocycles. The maximum atomic E-state index is 12.7. The molecule has 5 atom stereocenters. The number of aliphatic imine (C=N–C) groups is 1. The number of halogens is 1. The smallest absolute Gasteiger partial charge is 0.233 e. The summed E-state index contributed by atoms with van der Waals surface area (Å²) in [5, 5.41) is 6.64. The summed E-state index contributed by atoms with van der Waals surface area (Å²) in [6.45, 7) is 7.47. The van der Waals surface area contributed by atoms with Gasteiger partial charge in [-0.1, -0.05) is 19.1 Å². The Labute approximate surface area is 184 Å². The predicted molar refractivity (Wildman–Crippen MR) is 119 cm³/mol. The number of allylic oxidation sites excluding steroid dienone is 2. The largest absolute Gasteiger partial charge is 0.356 e. The van der Waals surface area contributed by atoms with E-state index in [9.17, 15) is 9.59 Å². The van der Waals surface area contributed by atoms with Crippen molar-refractivity contribution in [1.82, 2.24) is 20.4 Å². The molecular weight excluding hydrogens is 469 g/mol. The molecule has 2 N–H and O–H groups in total. The molecule has 4 aliphatic rings. The molecule has 7 nitrogen and oxygen atoms in total. The van der Waals surface area contributed by atoms with E-state index in [1.54, 1.807) is 7.05 Å². The number of likely N-dealkylation sites (tertiary alicyclic amines) is 2. The predicted octanol–water partition coefficient (Wildman–Crippen LogP) is 0.918. The first kappa shape index (κ1) is 21.5. The lowest BCUT2D eigenvalue weighted by Crippen LogP contribution is -2.44. The van der Waals surface area contributed by atoms with E-state index in [-0.39, 0.29) is 59.5 Å². The Balaban J connectivity index is 0.00000225. The Morgan fingerprint density at radius 2 is 1.86 bits per heavy atom. The summed E-state index contributed by atoms with van der Waals surface area (Å²) >= 11 is 0. The number of nitrogens with one attached hydrogen (secondary N) is 2. The Morgan fingerprint density at radius 3 is 2.43 bits per heavy atom. The van der Waals surface area contributed by atoms with Crippen molar-refractivity contribution in [3.8, 4) is 0 Å². The van der Waals surface area contributed by atoms with Crippen LogP contribution in [0.4, 0.5) is 0 Å². The van der Waals surface area contributed by atoms with Crippen molar-refractivity contribution in [2.75, 3.05) is 46.3 Å². The molecule has 5 unspecified atom stereocenters. The van der Waals surface area contributed by atoms with Crippen molar-refractivity contribution in [3.05, 3.63) is 12.2 Å². The van der Waals surface area contributed by atoms with Gasteiger partial charge in [-0.05, 0) is 43.7 Å². The molecule has 28 heavy (non-hydrogen) atoms. The minimum absolute atomic E-state index is 0. The van der Waals surface area contributed by atoms with Gasteiger partial charge >= 0.3 is 0 Å². The number of nitrogens with zero attached hydrogens (tertiary/aromatic N) is 3. The number of fused-ring (bicyclic) bond motifs is 5. The zero-order chi connectivity index (χ0) is 19.0. The van der Waals surface area contributed by atoms with E-state index in [0.717, 1.165) is 32.0 Å². The normalized spacial score (nSPS) is 34.1. The molecule has 0 aromatic rings. The van der Waals surface area contributed by atoms with Crippen molar-refractivity contribution in [2.45, 2.75) is 19.8 Å². The summed E-state index contributed by atoms with van der Waals surface area (Å²) in [4.78, 5) is 33.6. The first-order valence-corrected chi connectivity index (χ1v) is 10.3. The molecule has 2 bridgehead atoms. The van der Waals surface area contributed by atoms with Crippen LogP contribution in [-0.2, 0) is 9.59 Å². The lowest BCUT2D eigenvalue weighted by Gasteiger charge is -2.19. The third-order valence-electron chi connectivity index (χ3n) is 6.79. The molecule has 2 saturated heterocycles. The van der Waals surface area contributed by atoms with Crippen LogP contribution < -0.4 is 10.6 Å². The highest BCUT2D eigenvalue weighted by atomic mass is 127. The average molecular weight is 501 g/mol. The van der Waals surface area contributed by atoms with Crippen molar-refractivity contribution < 1.29 is 9.59 Å². The summed E-state index contributed by atoms with van der Waals surface area (Å²) in [6.07, 6.45) is 6.46. The van der Waals surface area contributed by atoms with Gasteiger partial charge < -0.3 is 15.5 Å². The number of carbonyl (C=O) groups excluding carboxylic acids is 2. The van der Waals surface area contributed by atoms with Crippen LogP contribution in [0, 0.1) is 29.6 Å². The van der Waals surface area contributed by atoms with Gasteiger partial charge in [-0.3, -0.25) is 19.5 Å². The van der Waals surface area contributed by atoms with Gasteiger partial charge in [0.1, 0.15) is 0 Å². The average Bonchev–Trinajstić information content (AvgIpc) is 3.44. The quantitative estimate of drug-likeness (QED) is 0.186. The number of rotatable bonds is 6. The fourth-order valence-corrected chi connectivity index (χ4v) is 5.30. The van der Waals surface area contributed by atoms with E-state index in [2.05, 4.69) is 39.6 Å². The lowest BCUT2D eigenvalue weighted by atomic mass is 9.85. The molecule has 3 fully saturated rings. The molecule has 0 spiro atoms. The number of amides is 2. The minimum atomic E-state index is -0.103. The van der Waals surface area contributed by atoms with E-state index >= 15 is 0 Å². The summed E-state index contributed by atoms with van der Waals surface area (Å²) in [7, 11) is 1.75. The van der Waals surface area contributed by atoms with Gasteiger partial charge in [0.15, 0.2) is 5.96 Å². The number of hydrogen-bond donors (Lipinski definition) is 2. The van der Waals surface area contributed by atoms with Crippen LogP contribution in [0.25, 0.3) is 0 Å². The Bertz CT molecular complexity index is 637. The second kappa shape index (κ2) is 9.11. The second-order valence-electron chi connectivity index (χ2n) is 8.26.